The van der Waals surface area contributed by atoms with Gasteiger partial charge in [-0.15, -0.1) is 0 Å². The number of aliphatic hydroxyl groups is 1. The Bertz CT molecular complexity index is 240. The van der Waals surface area contributed by atoms with Crippen LogP contribution in [0.5, 0.6) is 0 Å². The molecule has 0 aromatic heterocycles. The highest BCUT2D eigenvalue weighted by atomic mass is 16.3. The molecule has 3 nitrogen and oxygen atoms in total. The van der Waals surface area contributed by atoms with Crippen molar-refractivity contribution in [2.75, 3.05) is 27.2 Å². The van der Waals surface area contributed by atoms with Crippen LogP contribution >= 0.6 is 0 Å². The Morgan fingerprint density at radius 3 is 2.29 bits per heavy atom. The van der Waals surface area contributed by atoms with E-state index in [4.69, 9.17) is 0 Å². The molecule has 17 heavy (non-hydrogen) atoms. The van der Waals surface area contributed by atoms with Gasteiger partial charge in [-0.1, -0.05) is 20.8 Å². The van der Waals surface area contributed by atoms with Gasteiger partial charge in [0, 0.05) is 18.6 Å². The minimum atomic E-state index is -0.188. The van der Waals surface area contributed by atoms with Crippen LogP contribution < -0.4 is 0 Å². The summed E-state index contributed by atoms with van der Waals surface area (Å²) in [4.78, 5) is 4.69. The lowest BCUT2D eigenvalue weighted by Crippen LogP contribution is -2.50. The van der Waals surface area contributed by atoms with Crippen LogP contribution in [0.1, 0.15) is 40.5 Å². The van der Waals surface area contributed by atoms with Crippen LogP contribution in [0.15, 0.2) is 0 Å². The van der Waals surface area contributed by atoms with Gasteiger partial charge in [-0.3, -0.25) is 4.90 Å². The first-order valence-corrected chi connectivity index (χ1v) is 6.88. The van der Waals surface area contributed by atoms with Crippen LogP contribution in [0, 0.1) is 5.41 Å². The molecular formula is C14H30N2O. The molecule has 1 rings (SSSR count). The van der Waals surface area contributed by atoms with Gasteiger partial charge in [-0.25, -0.2) is 0 Å². The molecule has 3 atom stereocenters. The first-order valence-electron chi connectivity index (χ1n) is 6.88. The zero-order valence-electron chi connectivity index (χ0n) is 12.4. The van der Waals surface area contributed by atoms with Gasteiger partial charge in [0.1, 0.15) is 0 Å². The predicted molar refractivity (Wildman–Crippen MR) is 73.2 cm³/mol. The molecule has 0 radical (unpaired) electrons. The van der Waals surface area contributed by atoms with E-state index in [1.54, 1.807) is 0 Å². The SMILES string of the molecule is CCN(C(C)CN(C)C)C1CCC(C)(C)C1O. The van der Waals surface area contributed by atoms with Crippen molar-refractivity contribution in [3.8, 4) is 0 Å². The molecule has 0 aromatic carbocycles. The summed E-state index contributed by atoms with van der Waals surface area (Å²) in [5.41, 5.74) is 0.0793. The average molecular weight is 242 g/mol. The maximum absolute atomic E-state index is 10.4. The molecule has 1 fully saturated rings. The fraction of sp³-hybridized carbons (Fsp3) is 1.00. The van der Waals surface area contributed by atoms with Crippen molar-refractivity contribution in [1.82, 2.24) is 9.80 Å². The van der Waals surface area contributed by atoms with Gasteiger partial charge < -0.3 is 10.0 Å². The molecular weight excluding hydrogens is 212 g/mol. The highest BCUT2D eigenvalue weighted by Gasteiger charge is 2.43. The van der Waals surface area contributed by atoms with E-state index in [2.05, 4.69) is 51.6 Å². The van der Waals surface area contributed by atoms with Crippen molar-refractivity contribution in [1.29, 1.82) is 0 Å². The third kappa shape index (κ3) is 3.43. The van der Waals surface area contributed by atoms with Gasteiger partial charge in [0.15, 0.2) is 0 Å². The van der Waals surface area contributed by atoms with Crippen molar-refractivity contribution < 1.29 is 5.11 Å². The first kappa shape index (κ1) is 14.9. The molecule has 0 aliphatic heterocycles. The summed E-state index contributed by atoms with van der Waals surface area (Å²) in [6.07, 6.45) is 2.07. The lowest BCUT2D eigenvalue weighted by Gasteiger charge is -2.38. The molecule has 0 amide bonds. The van der Waals surface area contributed by atoms with Crippen molar-refractivity contribution in [3.05, 3.63) is 0 Å². The molecule has 102 valence electrons. The van der Waals surface area contributed by atoms with E-state index in [-0.39, 0.29) is 11.5 Å². The Hall–Kier alpha value is -0.120. The average Bonchev–Trinajstić information content (AvgIpc) is 2.45. The van der Waals surface area contributed by atoms with Crippen molar-refractivity contribution >= 4 is 0 Å². The highest BCUT2D eigenvalue weighted by molar-refractivity contribution is 4.97. The monoisotopic (exact) mass is 242 g/mol. The Kier molecular flexibility index (Phi) is 4.99. The van der Waals surface area contributed by atoms with Crippen LogP contribution in [-0.2, 0) is 0 Å². The Balaban J connectivity index is 2.68. The number of rotatable bonds is 5. The number of nitrogens with zero attached hydrogens (tertiary/aromatic N) is 2. The summed E-state index contributed by atoms with van der Waals surface area (Å²) in [6, 6.07) is 0.841. The highest BCUT2D eigenvalue weighted by Crippen LogP contribution is 2.40. The lowest BCUT2D eigenvalue weighted by molar-refractivity contribution is -0.000414. The first-order chi connectivity index (χ1) is 7.79. The van der Waals surface area contributed by atoms with E-state index < -0.39 is 0 Å². The molecule has 0 saturated heterocycles. The van der Waals surface area contributed by atoms with Gasteiger partial charge in [-0.05, 0) is 45.8 Å². The molecule has 1 saturated carbocycles. The topological polar surface area (TPSA) is 26.7 Å². The van der Waals surface area contributed by atoms with Gasteiger partial charge >= 0.3 is 0 Å². The summed E-state index contributed by atoms with van der Waals surface area (Å²) >= 11 is 0. The molecule has 0 heterocycles. The maximum Gasteiger partial charge on any atom is 0.0746 e. The molecule has 0 bridgehead atoms. The van der Waals surface area contributed by atoms with E-state index in [0.29, 0.717) is 12.1 Å². The minimum Gasteiger partial charge on any atom is -0.391 e. The number of aliphatic hydroxyl groups excluding tert-OH is 1. The Morgan fingerprint density at radius 1 is 1.35 bits per heavy atom. The summed E-state index contributed by atoms with van der Waals surface area (Å²) in [5, 5.41) is 10.4. The van der Waals surface area contributed by atoms with Crippen LogP contribution in [0.2, 0.25) is 0 Å². The van der Waals surface area contributed by atoms with Gasteiger partial charge in [-0.2, -0.15) is 0 Å². The zero-order valence-corrected chi connectivity index (χ0v) is 12.4. The van der Waals surface area contributed by atoms with E-state index in [0.717, 1.165) is 25.9 Å². The van der Waals surface area contributed by atoms with E-state index >= 15 is 0 Å². The minimum absolute atomic E-state index is 0.0793. The predicted octanol–water partition coefficient (Wildman–Crippen LogP) is 1.81. The van der Waals surface area contributed by atoms with Gasteiger partial charge in [0.05, 0.1) is 6.10 Å². The summed E-state index contributed by atoms with van der Waals surface area (Å²) in [5.74, 6) is 0. The van der Waals surface area contributed by atoms with Crippen molar-refractivity contribution in [2.24, 2.45) is 5.41 Å². The number of likely N-dealkylation sites (N-methyl/N-ethyl adjacent to an activating group) is 2. The second-order valence-corrected chi connectivity index (χ2v) is 6.48. The standard InChI is InChI=1S/C14H30N2O/c1-7-16(11(2)10-15(5)6)12-8-9-14(3,4)13(12)17/h11-13,17H,7-10H2,1-6H3. The normalized spacial score (nSPS) is 30.2. The third-order valence-electron chi connectivity index (χ3n) is 4.24. The van der Waals surface area contributed by atoms with E-state index in [1.165, 1.54) is 0 Å². The molecule has 0 spiro atoms. The van der Waals surface area contributed by atoms with Gasteiger partial charge in [0.25, 0.3) is 0 Å². The molecule has 3 unspecified atom stereocenters. The molecule has 1 N–H and O–H groups in total. The zero-order chi connectivity index (χ0) is 13.2. The quantitative estimate of drug-likeness (QED) is 0.796. The molecule has 0 aromatic rings. The molecule has 3 heteroatoms. The van der Waals surface area contributed by atoms with Crippen LogP contribution in [0.4, 0.5) is 0 Å². The number of hydrogen-bond acceptors (Lipinski definition) is 3. The second-order valence-electron chi connectivity index (χ2n) is 6.48. The van der Waals surface area contributed by atoms with E-state index in [9.17, 15) is 5.11 Å². The second kappa shape index (κ2) is 5.68. The Morgan fingerprint density at radius 2 is 1.94 bits per heavy atom. The van der Waals surface area contributed by atoms with Crippen LogP contribution in [-0.4, -0.2) is 60.3 Å². The molecule has 1 aliphatic carbocycles. The summed E-state index contributed by atoms with van der Waals surface area (Å²) in [6.45, 7) is 10.9. The van der Waals surface area contributed by atoms with Crippen LogP contribution in [0.3, 0.4) is 0 Å². The van der Waals surface area contributed by atoms with E-state index in [1.807, 2.05) is 0 Å². The third-order valence-corrected chi connectivity index (χ3v) is 4.24. The van der Waals surface area contributed by atoms with Crippen molar-refractivity contribution in [3.63, 3.8) is 0 Å². The fourth-order valence-electron chi connectivity index (χ4n) is 3.20. The van der Waals surface area contributed by atoms with Crippen LogP contribution in [0.25, 0.3) is 0 Å². The van der Waals surface area contributed by atoms with Crippen molar-refractivity contribution in [2.45, 2.75) is 58.7 Å². The Labute approximate surface area is 107 Å². The number of hydrogen-bond donors (Lipinski definition) is 1. The van der Waals surface area contributed by atoms with Gasteiger partial charge in [0.2, 0.25) is 0 Å². The largest absolute Gasteiger partial charge is 0.391 e. The smallest absolute Gasteiger partial charge is 0.0746 e. The lowest BCUT2D eigenvalue weighted by atomic mass is 9.88. The summed E-state index contributed by atoms with van der Waals surface area (Å²) in [7, 11) is 4.22. The maximum atomic E-state index is 10.4. The summed E-state index contributed by atoms with van der Waals surface area (Å²) < 4.78 is 0. The fourth-order valence-corrected chi connectivity index (χ4v) is 3.20. The molecule has 1 aliphatic rings.